The summed E-state index contributed by atoms with van der Waals surface area (Å²) in [5, 5.41) is 3.72. The number of ether oxygens (including phenoxy) is 1. The summed E-state index contributed by atoms with van der Waals surface area (Å²) in [7, 11) is 1.80. The number of nitrogens with one attached hydrogen (secondary N) is 1. The molecule has 0 aromatic carbocycles. The standard InChI is InChI=1S/C13H27NO/c1-10-6-7-12(8-10)14-11(2)9-13(3,4)15-5/h10-12,14H,6-9H2,1-5H3. The van der Waals surface area contributed by atoms with Crippen LogP contribution in [0, 0.1) is 5.92 Å². The number of hydrogen-bond acceptors (Lipinski definition) is 2. The summed E-state index contributed by atoms with van der Waals surface area (Å²) < 4.78 is 5.45. The monoisotopic (exact) mass is 213 g/mol. The summed E-state index contributed by atoms with van der Waals surface area (Å²) in [4.78, 5) is 0. The summed E-state index contributed by atoms with van der Waals surface area (Å²) >= 11 is 0. The quantitative estimate of drug-likeness (QED) is 0.758. The average Bonchev–Trinajstić information content (AvgIpc) is 2.50. The zero-order valence-electron chi connectivity index (χ0n) is 11.0. The molecule has 3 atom stereocenters. The first-order valence-electron chi connectivity index (χ1n) is 6.24. The molecule has 0 heterocycles. The molecule has 1 rings (SSSR count). The van der Waals surface area contributed by atoms with Gasteiger partial charge in [0.2, 0.25) is 0 Å². The largest absolute Gasteiger partial charge is 0.379 e. The molecule has 0 radical (unpaired) electrons. The smallest absolute Gasteiger partial charge is 0.0637 e. The molecule has 0 aliphatic heterocycles. The molecule has 15 heavy (non-hydrogen) atoms. The fourth-order valence-electron chi connectivity index (χ4n) is 2.64. The molecule has 1 N–H and O–H groups in total. The number of methoxy groups -OCH3 is 1. The van der Waals surface area contributed by atoms with Crippen molar-refractivity contribution in [2.24, 2.45) is 5.92 Å². The van der Waals surface area contributed by atoms with Crippen LogP contribution in [0.4, 0.5) is 0 Å². The third-order valence-electron chi connectivity index (χ3n) is 3.57. The Labute approximate surface area is 94.8 Å². The van der Waals surface area contributed by atoms with Crippen LogP contribution < -0.4 is 5.32 Å². The van der Waals surface area contributed by atoms with Gasteiger partial charge in [-0.3, -0.25) is 0 Å². The van der Waals surface area contributed by atoms with E-state index in [0.717, 1.165) is 18.4 Å². The van der Waals surface area contributed by atoms with Gasteiger partial charge < -0.3 is 10.1 Å². The molecular formula is C13H27NO. The highest BCUT2D eigenvalue weighted by atomic mass is 16.5. The maximum absolute atomic E-state index is 5.45. The molecule has 2 heteroatoms. The minimum Gasteiger partial charge on any atom is -0.379 e. The molecule has 0 aromatic rings. The van der Waals surface area contributed by atoms with Crippen LogP contribution in [0.3, 0.4) is 0 Å². The molecule has 3 unspecified atom stereocenters. The van der Waals surface area contributed by atoms with Crippen LogP contribution in [-0.2, 0) is 4.74 Å². The Kier molecular flexibility index (Phi) is 4.60. The average molecular weight is 213 g/mol. The first-order valence-corrected chi connectivity index (χ1v) is 6.24. The zero-order chi connectivity index (χ0) is 11.5. The third kappa shape index (κ3) is 4.52. The SMILES string of the molecule is COC(C)(C)CC(C)NC1CCC(C)C1. The van der Waals surface area contributed by atoms with Crippen LogP contribution in [-0.4, -0.2) is 24.8 Å². The van der Waals surface area contributed by atoms with Crippen LogP contribution >= 0.6 is 0 Å². The lowest BCUT2D eigenvalue weighted by molar-refractivity contribution is 0.00772. The molecule has 1 saturated carbocycles. The van der Waals surface area contributed by atoms with Crippen LogP contribution in [0.5, 0.6) is 0 Å². The van der Waals surface area contributed by atoms with E-state index in [1.165, 1.54) is 19.3 Å². The van der Waals surface area contributed by atoms with E-state index in [1.54, 1.807) is 7.11 Å². The van der Waals surface area contributed by atoms with Gasteiger partial charge in [0.15, 0.2) is 0 Å². The Balaban J connectivity index is 2.27. The topological polar surface area (TPSA) is 21.3 Å². The maximum Gasteiger partial charge on any atom is 0.0637 e. The van der Waals surface area contributed by atoms with Crippen molar-refractivity contribution >= 4 is 0 Å². The lowest BCUT2D eigenvalue weighted by Gasteiger charge is -2.29. The second kappa shape index (κ2) is 5.31. The fourth-order valence-corrected chi connectivity index (χ4v) is 2.64. The first-order chi connectivity index (χ1) is 6.93. The molecule has 0 amide bonds. The van der Waals surface area contributed by atoms with E-state index in [0.29, 0.717) is 6.04 Å². The lowest BCUT2D eigenvalue weighted by Crippen LogP contribution is -2.40. The van der Waals surface area contributed by atoms with E-state index in [-0.39, 0.29) is 5.60 Å². The van der Waals surface area contributed by atoms with Crippen molar-refractivity contribution in [1.82, 2.24) is 5.32 Å². The van der Waals surface area contributed by atoms with Crippen LogP contribution in [0.2, 0.25) is 0 Å². The fraction of sp³-hybridized carbons (Fsp3) is 1.00. The van der Waals surface area contributed by atoms with Gasteiger partial charge in [0, 0.05) is 19.2 Å². The second-order valence-electron chi connectivity index (χ2n) is 5.85. The molecule has 1 fully saturated rings. The molecule has 90 valence electrons. The van der Waals surface area contributed by atoms with E-state index in [2.05, 4.69) is 33.0 Å². The Bertz CT molecular complexity index is 191. The van der Waals surface area contributed by atoms with E-state index in [4.69, 9.17) is 4.74 Å². The van der Waals surface area contributed by atoms with Gasteiger partial charge in [0.05, 0.1) is 5.60 Å². The van der Waals surface area contributed by atoms with Crippen molar-refractivity contribution in [2.75, 3.05) is 7.11 Å². The van der Waals surface area contributed by atoms with Gasteiger partial charge in [-0.25, -0.2) is 0 Å². The minimum absolute atomic E-state index is 0.00334. The minimum atomic E-state index is -0.00334. The van der Waals surface area contributed by atoms with Gasteiger partial charge in [-0.05, 0) is 52.4 Å². The predicted molar refractivity (Wildman–Crippen MR) is 65.1 cm³/mol. The Morgan fingerprint density at radius 3 is 2.53 bits per heavy atom. The van der Waals surface area contributed by atoms with Gasteiger partial charge in [-0.2, -0.15) is 0 Å². The van der Waals surface area contributed by atoms with Crippen molar-refractivity contribution < 1.29 is 4.74 Å². The Morgan fingerprint density at radius 1 is 1.40 bits per heavy atom. The summed E-state index contributed by atoms with van der Waals surface area (Å²) in [5.74, 6) is 0.908. The zero-order valence-corrected chi connectivity index (χ0v) is 11.0. The summed E-state index contributed by atoms with van der Waals surface area (Å²) in [5.41, 5.74) is -0.00334. The van der Waals surface area contributed by atoms with Crippen molar-refractivity contribution in [3.63, 3.8) is 0 Å². The highest BCUT2D eigenvalue weighted by Gasteiger charge is 2.25. The van der Waals surface area contributed by atoms with Crippen LogP contribution in [0.15, 0.2) is 0 Å². The van der Waals surface area contributed by atoms with Gasteiger partial charge in [0.25, 0.3) is 0 Å². The Morgan fingerprint density at radius 2 is 2.07 bits per heavy atom. The van der Waals surface area contributed by atoms with Crippen molar-refractivity contribution in [2.45, 2.75) is 71.1 Å². The Hall–Kier alpha value is -0.0800. The van der Waals surface area contributed by atoms with Crippen molar-refractivity contribution in [3.8, 4) is 0 Å². The van der Waals surface area contributed by atoms with E-state index >= 15 is 0 Å². The predicted octanol–water partition coefficient (Wildman–Crippen LogP) is 2.97. The van der Waals surface area contributed by atoms with Gasteiger partial charge in [0.1, 0.15) is 0 Å². The van der Waals surface area contributed by atoms with E-state index < -0.39 is 0 Å². The molecule has 0 aromatic heterocycles. The van der Waals surface area contributed by atoms with E-state index in [9.17, 15) is 0 Å². The molecule has 1 aliphatic carbocycles. The van der Waals surface area contributed by atoms with Crippen LogP contribution in [0.1, 0.15) is 53.4 Å². The molecular weight excluding hydrogens is 186 g/mol. The summed E-state index contributed by atoms with van der Waals surface area (Å²) in [6.07, 6.45) is 5.16. The van der Waals surface area contributed by atoms with Gasteiger partial charge in [-0.15, -0.1) is 0 Å². The van der Waals surface area contributed by atoms with Crippen molar-refractivity contribution in [3.05, 3.63) is 0 Å². The lowest BCUT2D eigenvalue weighted by atomic mass is 9.99. The normalized spacial score (nSPS) is 29.4. The summed E-state index contributed by atoms with van der Waals surface area (Å²) in [6, 6.07) is 1.29. The van der Waals surface area contributed by atoms with Gasteiger partial charge in [-0.1, -0.05) is 6.92 Å². The maximum atomic E-state index is 5.45. The second-order valence-corrected chi connectivity index (χ2v) is 5.85. The highest BCUT2D eigenvalue weighted by Crippen LogP contribution is 2.26. The third-order valence-corrected chi connectivity index (χ3v) is 3.57. The van der Waals surface area contributed by atoms with E-state index in [1.807, 2.05) is 0 Å². The molecule has 0 bridgehead atoms. The molecule has 1 aliphatic rings. The van der Waals surface area contributed by atoms with Gasteiger partial charge >= 0.3 is 0 Å². The first kappa shape index (κ1) is 13.0. The summed E-state index contributed by atoms with van der Waals surface area (Å²) in [6.45, 7) is 8.93. The van der Waals surface area contributed by atoms with Crippen LogP contribution in [0.25, 0.3) is 0 Å². The van der Waals surface area contributed by atoms with Crippen molar-refractivity contribution in [1.29, 1.82) is 0 Å². The molecule has 0 spiro atoms. The molecule has 2 nitrogen and oxygen atoms in total. The molecule has 0 saturated heterocycles. The number of rotatable bonds is 5. The highest BCUT2D eigenvalue weighted by molar-refractivity contribution is 4.83. The number of hydrogen-bond donors (Lipinski definition) is 1.